The van der Waals surface area contributed by atoms with Gasteiger partial charge in [0.25, 0.3) is 0 Å². The van der Waals surface area contributed by atoms with Crippen molar-refractivity contribution in [1.29, 1.82) is 0 Å². The number of H-pyrrole nitrogens is 1. The van der Waals surface area contributed by atoms with E-state index in [1.54, 1.807) is 13.1 Å². The molecule has 0 spiro atoms. The van der Waals surface area contributed by atoms with Crippen LogP contribution in [0.2, 0.25) is 0 Å². The average molecular weight is 318 g/mol. The first-order valence-electron chi connectivity index (χ1n) is 7.56. The number of nitrogens with one attached hydrogen (secondary N) is 1. The van der Waals surface area contributed by atoms with E-state index in [0.29, 0.717) is 11.8 Å². The van der Waals surface area contributed by atoms with Crippen molar-refractivity contribution < 1.29 is 8.42 Å². The maximum atomic E-state index is 11.7. The number of fused-ring (bicyclic) bond motifs is 3. The molecule has 4 rings (SSSR count). The van der Waals surface area contributed by atoms with Gasteiger partial charge in [-0.05, 0) is 24.8 Å². The minimum Gasteiger partial charge on any atom is -0.346 e. The molecule has 3 heterocycles. The number of hydrogen-bond donors (Lipinski definition) is 1. The molecular weight excluding hydrogens is 300 g/mol. The molecule has 0 atom stereocenters. The van der Waals surface area contributed by atoms with Crippen LogP contribution in [0.15, 0.2) is 24.8 Å². The second-order valence-electron chi connectivity index (χ2n) is 6.07. The molecule has 0 radical (unpaired) electrons. The molecule has 0 bridgehead atoms. The van der Waals surface area contributed by atoms with E-state index in [4.69, 9.17) is 0 Å². The minimum absolute atomic E-state index is 0.234. The monoisotopic (exact) mass is 318 g/mol. The van der Waals surface area contributed by atoms with E-state index in [0.717, 1.165) is 34.9 Å². The van der Waals surface area contributed by atoms with Crippen LogP contribution in [0.3, 0.4) is 0 Å². The third kappa shape index (κ3) is 2.11. The lowest BCUT2D eigenvalue weighted by atomic mass is 9.81. The Hall–Kier alpha value is -1.89. The van der Waals surface area contributed by atoms with E-state index < -0.39 is 9.84 Å². The maximum absolute atomic E-state index is 11.7. The van der Waals surface area contributed by atoms with E-state index in [9.17, 15) is 8.42 Å². The predicted octanol–water partition coefficient (Wildman–Crippen LogP) is 2.30. The van der Waals surface area contributed by atoms with Crippen LogP contribution in [0, 0.1) is 5.92 Å². The third-order valence-electron chi connectivity index (χ3n) is 4.65. The molecule has 22 heavy (non-hydrogen) atoms. The Morgan fingerprint density at radius 1 is 1.36 bits per heavy atom. The highest BCUT2D eigenvalue weighted by molar-refractivity contribution is 7.91. The van der Waals surface area contributed by atoms with Crippen molar-refractivity contribution in [2.24, 2.45) is 5.92 Å². The molecule has 0 saturated heterocycles. The molecule has 3 aromatic rings. The highest BCUT2D eigenvalue weighted by Gasteiger charge is 2.34. The number of imidazole rings is 1. The molecule has 116 valence electrons. The standard InChI is InChI=1S/C15H18N4O2S/c1-2-22(20,21)8-10-5-11(6-10)19-9-18-13-7-17-15-12(14(13)19)3-4-16-15/h3-4,7,9-11H,2,5-6,8H2,1H3,(H,16,17). The highest BCUT2D eigenvalue weighted by atomic mass is 32.2. The minimum atomic E-state index is -2.88. The lowest BCUT2D eigenvalue weighted by molar-refractivity contribution is 0.223. The van der Waals surface area contributed by atoms with Crippen LogP contribution in [-0.4, -0.2) is 39.4 Å². The van der Waals surface area contributed by atoms with Gasteiger partial charge in [0, 0.05) is 23.4 Å². The van der Waals surface area contributed by atoms with Crippen molar-refractivity contribution in [3.63, 3.8) is 0 Å². The van der Waals surface area contributed by atoms with Crippen molar-refractivity contribution in [2.45, 2.75) is 25.8 Å². The van der Waals surface area contributed by atoms with Crippen LogP contribution in [0.25, 0.3) is 22.1 Å². The predicted molar refractivity (Wildman–Crippen MR) is 85.5 cm³/mol. The first kappa shape index (κ1) is 13.8. The van der Waals surface area contributed by atoms with E-state index >= 15 is 0 Å². The number of pyridine rings is 1. The highest BCUT2D eigenvalue weighted by Crippen LogP contribution is 2.41. The number of nitrogens with zero attached hydrogens (tertiary/aromatic N) is 3. The zero-order chi connectivity index (χ0) is 15.3. The molecule has 3 aromatic heterocycles. The van der Waals surface area contributed by atoms with E-state index in [2.05, 4.69) is 19.5 Å². The summed E-state index contributed by atoms with van der Waals surface area (Å²) in [7, 11) is -2.88. The number of aromatic amines is 1. The molecule has 1 N–H and O–H groups in total. The van der Waals surface area contributed by atoms with Gasteiger partial charge in [0.15, 0.2) is 0 Å². The van der Waals surface area contributed by atoms with Gasteiger partial charge in [-0.15, -0.1) is 0 Å². The van der Waals surface area contributed by atoms with Gasteiger partial charge in [0.1, 0.15) is 21.0 Å². The van der Waals surface area contributed by atoms with E-state index in [-0.39, 0.29) is 11.7 Å². The summed E-state index contributed by atoms with van der Waals surface area (Å²) >= 11 is 0. The fourth-order valence-corrected chi connectivity index (χ4v) is 4.57. The normalized spacial score (nSPS) is 22.2. The Bertz CT molecular complexity index is 935. The summed E-state index contributed by atoms with van der Waals surface area (Å²) in [5, 5.41) is 1.07. The van der Waals surface area contributed by atoms with Crippen LogP contribution >= 0.6 is 0 Å². The number of sulfone groups is 1. The summed E-state index contributed by atoms with van der Waals surface area (Å²) in [5.74, 6) is 0.821. The van der Waals surface area contributed by atoms with Gasteiger partial charge in [0.05, 0.1) is 23.8 Å². The van der Waals surface area contributed by atoms with Gasteiger partial charge < -0.3 is 9.55 Å². The van der Waals surface area contributed by atoms with Gasteiger partial charge in [-0.25, -0.2) is 18.4 Å². The summed E-state index contributed by atoms with van der Waals surface area (Å²) in [5.41, 5.74) is 2.84. The van der Waals surface area contributed by atoms with Crippen molar-refractivity contribution in [3.8, 4) is 0 Å². The van der Waals surface area contributed by atoms with Crippen LogP contribution < -0.4 is 0 Å². The summed E-state index contributed by atoms with van der Waals surface area (Å²) in [6, 6.07) is 2.35. The van der Waals surface area contributed by atoms with Gasteiger partial charge >= 0.3 is 0 Å². The first-order chi connectivity index (χ1) is 10.6. The Kier molecular flexibility index (Phi) is 3.00. The van der Waals surface area contributed by atoms with Crippen LogP contribution in [0.4, 0.5) is 0 Å². The van der Waals surface area contributed by atoms with Crippen molar-refractivity contribution >= 4 is 31.9 Å². The van der Waals surface area contributed by atoms with Crippen LogP contribution in [-0.2, 0) is 9.84 Å². The van der Waals surface area contributed by atoms with Crippen LogP contribution in [0.5, 0.6) is 0 Å². The fraction of sp³-hybridized carbons (Fsp3) is 0.467. The molecule has 0 aromatic carbocycles. The average Bonchev–Trinajstić information content (AvgIpc) is 3.08. The number of rotatable bonds is 4. The van der Waals surface area contributed by atoms with Crippen molar-refractivity contribution in [2.75, 3.05) is 11.5 Å². The lowest BCUT2D eigenvalue weighted by Gasteiger charge is -2.36. The molecule has 0 aliphatic heterocycles. The summed E-state index contributed by atoms with van der Waals surface area (Å²) < 4.78 is 25.6. The number of aromatic nitrogens is 4. The molecule has 7 heteroatoms. The zero-order valence-electron chi connectivity index (χ0n) is 12.4. The van der Waals surface area contributed by atoms with Gasteiger partial charge in [0.2, 0.25) is 0 Å². The quantitative estimate of drug-likeness (QED) is 0.800. The zero-order valence-corrected chi connectivity index (χ0v) is 13.2. The fourth-order valence-electron chi connectivity index (χ4n) is 3.35. The topological polar surface area (TPSA) is 80.6 Å². The molecule has 1 aliphatic rings. The number of hydrogen-bond acceptors (Lipinski definition) is 4. The van der Waals surface area contributed by atoms with Crippen LogP contribution in [0.1, 0.15) is 25.8 Å². The van der Waals surface area contributed by atoms with Gasteiger partial charge in [-0.3, -0.25) is 0 Å². The molecule has 1 saturated carbocycles. The van der Waals surface area contributed by atoms with Gasteiger partial charge in [-0.1, -0.05) is 6.92 Å². The molecular formula is C15H18N4O2S. The summed E-state index contributed by atoms with van der Waals surface area (Å²) in [6.45, 7) is 1.71. The SMILES string of the molecule is CCS(=O)(=O)CC1CC(n2cnc3cnc4[nH]ccc4c32)C1. The third-order valence-corrected chi connectivity index (χ3v) is 6.51. The van der Waals surface area contributed by atoms with Gasteiger partial charge in [-0.2, -0.15) is 0 Å². The van der Waals surface area contributed by atoms with E-state index in [1.165, 1.54) is 0 Å². The Labute approximate surface area is 128 Å². The lowest BCUT2D eigenvalue weighted by Crippen LogP contribution is -2.32. The second-order valence-corrected chi connectivity index (χ2v) is 8.47. The summed E-state index contributed by atoms with van der Waals surface area (Å²) in [6.07, 6.45) is 7.32. The summed E-state index contributed by atoms with van der Waals surface area (Å²) in [4.78, 5) is 11.9. The molecule has 1 fully saturated rings. The van der Waals surface area contributed by atoms with Crippen molar-refractivity contribution in [1.82, 2.24) is 19.5 Å². The van der Waals surface area contributed by atoms with E-state index in [1.807, 2.05) is 18.6 Å². The Balaban J connectivity index is 1.62. The smallest absolute Gasteiger partial charge is 0.150 e. The van der Waals surface area contributed by atoms with Crippen molar-refractivity contribution in [3.05, 3.63) is 24.8 Å². The largest absolute Gasteiger partial charge is 0.346 e. The maximum Gasteiger partial charge on any atom is 0.150 e. The molecule has 0 amide bonds. The Morgan fingerprint density at radius 2 is 2.18 bits per heavy atom. The molecule has 6 nitrogen and oxygen atoms in total. The second kappa shape index (κ2) is 4.81. The first-order valence-corrected chi connectivity index (χ1v) is 9.38. The molecule has 0 unspecified atom stereocenters. The molecule has 1 aliphatic carbocycles. The Morgan fingerprint density at radius 3 is 2.95 bits per heavy atom.